The van der Waals surface area contributed by atoms with Crippen LogP contribution in [0, 0.1) is 6.92 Å². The summed E-state index contributed by atoms with van der Waals surface area (Å²) >= 11 is 0. The summed E-state index contributed by atoms with van der Waals surface area (Å²) in [7, 11) is -4.14. The third-order valence-corrected chi connectivity index (χ3v) is 7.74. The Hall–Kier alpha value is -4.02. The standard InChI is InChI=1S/C26H23F6N5O4S/c1-14-9-15(7-8-19(14)25(27,28)29)20-11-21(26(30,31)32)37-22(35-20)18(12-33-37)23(39)34-16-5-4-6-17(10-16)42(40,41)36-24(2,3)13-38/h4-12,36,38H,13H2,1-3H3,(H,34,39). The number of anilines is 1. The largest absolute Gasteiger partial charge is 0.433 e. The zero-order chi connectivity index (χ0) is 31.3. The number of halogens is 6. The SMILES string of the molecule is Cc1cc(-c2cc(C(F)(F)F)n3ncc(C(=O)Nc4cccc(S(=O)(=O)NC(C)(C)CO)c4)c3n2)ccc1C(F)(F)F. The van der Waals surface area contributed by atoms with Crippen LogP contribution in [0.4, 0.5) is 32.0 Å². The van der Waals surface area contributed by atoms with E-state index < -0.39 is 62.9 Å². The Labute approximate surface area is 235 Å². The topological polar surface area (TPSA) is 126 Å². The molecule has 0 fully saturated rings. The first-order valence-electron chi connectivity index (χ1n) is 12.0. The first kappa shape index (κ1) is 30.9. The van der Waals surface area contributed by atoms with Gasteiger partial charge in [-0.05, 0) is 62.7 Å². The van der Waals surface area contributed by atoms with E-state index in [1.54, 1.807) is 0 Å². The molecule has 0 saturated heterocycles. The molecule has 0 bridgehead atoms. The van der Waals surface area contributed by atoms with Crippen molar-refractivity contribution in [2.75, 3.05) is 11.9 Å². The first-order chi connectivity index (χ1) is 19.3. The fourth-order valence-corrected chi connectivity index (χ4v) is 5.46. The molecule has 42 heavy (non-hydrogen) atoms. The van der Waals surface area contributed by atoms with E-state index in [0.717, 1.165) is 37.4 Å². The maximum Gasteiger partial charge on any atom is 0.433 e. The van der Waals surface area contributed by atoms with Crippen LogP contribution in [0.25, 0.3) is 16.9 Å². The highest BCUT2D eigenvalue weighted by Crippen LogP contribution is 2.36. The normalized spacial score (nSPS) is 13.0. The number of rotatable bonds is 7. The van der Waals surface area contributed by atoms with Gasteiger partial charge in [-0.15, -0.1) is 0 Å². The van der Waals surface area contributed by atoms with Crippen LogP contribution in [0.1, 0.15) is 41.0 Å². The van der Waals surface area contributed by atoms with Gasteiger partial charge in [-0.3, -0.25) is 4.79 Å². The van der Waals surface area contributed by atoms with Crippen molar-refractivity contribution in [2.24, 2.45) is 0 Å². The van der Waals surface area contributed by atoms with Gasteiger partial charge in [0.15, 0.2) is 11.3 Å². The Morgan fingerprint density at radius 1 is 1.00 bits per heavy atom. The van der Waals surface area contributed by atoms with Crippen molar-refractivity contribution in [1.29, 1.82) is 0 Å². The molecule has 0 aliphatic heterocycles. The summed E-state index contributed by atoms with van der Waals surface area (Å²) in [5.41, 5.74) is -5.13. The van der Waals surface area contributed by atoms with Crippen molar-refractivity contribution in [2.45, 2.75) is 43.6 Å². The van der Waals surface area contributed by atoms with Gasteiger partial charge in [-0.25, -0.2) is 22.6 Å². The van der Waals surface area contributed by atoms with E-state index >= 15 is 0 Å². The van der Waals surface area contributed by atoms with E-state index in [1.807, 2.05) is 0 Å². The number of alkyl halides is 6. The summed E-state index contributed by atoms with van der Waals surface area (Å²) in [6.07, 6.45) is -8.81. The smallest absolute Gasteiger partial charge is 0.394 e. The summed E-state index contributed by atoms with van der Waals surface area (Å²) in [5.74, 6) is -0.982. The lowest BCUT2D eigenvalue weighted by Crippen LogP contribution is -2.46. The number of sulfonamides is 1. The molecule has 2 heterocycles. The van der Waals surface area contributed by atoms with Crippen molar-refractivity contribution >= 4 is 27.3 Å². The van der Waals surface area contributed by atoms with Crippen molar-refractivity contribution in [1.82, 2.24) is 19.3 Å². The number of carbonyl (C=O) groups is 1. The monoisotopic (exact) mass is 615 g/mol. The van der Waals surface area contributed by atoms with Gasteiger partial charge in [-0.1, -0.05) is 12.1 Å². The molecule has 2 aromatic heterocycles. The fraction of sp³-hybridized carbons (Fsp3) is 0.269. The molecular formula is C26H23F6N5O4S. The van der Waals surface area contributed by atoms with E-state index in [9.17, 15) is 44.7 Å². The highest BCUT2D eigenvalue weighted by molar-refractivity contribution is 7.89. The van der Waals surface area contributed by atoms with Crippen LogP contribution in [0.2, 0.25) is 0 Å². The van der Waals surface area contributed by atoms with Crippen molar-refractivity contribution in [3.63, 3.8) is 0 Å². The van der Waals surface area contributed by atoms with Crippen LogP contribution in [0.3, 0.4) is 0 Å². The van der Waals surface area contributed by atoms with Gasteiger partial charge in [0.25, 0.3) is 5.91 Å². The molecule has 0 aliphatic rings. The van der Waals surface area contributed by atoms with Crippen LogP contribution >= 0.6 is 0 Å². The van der Waals surface area contributed by atoms with Gasteiger partial charge in [0.05, 0.1) is 34.5 Å². The molecule has 0 aliphatic carbocycles. The molecule has 0 unspecified atom stereocenters. The Morgan fingerprint density at radius 2 is 1.69 bits per heavy atom. The molecular weight excluding hydrogens is 592 g/mol. The van der Waals surface area contributed by atoms with Gasteiger partial charge in [-0.2, -0.15) is 31.4 Å². The Bertz CT molecular complexity index is 1780. The number of fused-ring (bicyclic) bond motifs is 1. The predicted molar refractivity (Wildman–Crippen MR) is 139 cm³/mol. The van der Waals surface area contributed by atoms with E-state index in [2.05, 4.69) is 20.1 Å². The van der Waals surface area contributed by atoms with Crippen LogP contribution in [-0.2, 0) is 22.4 Å². The molecule has 0 saturated carbocycles. The fourth-order valence-electron chi connectivity index (χ4n) is 4.01. The van der Waals surface area contributed by atoms with Crippen molar-refractivity contribution < 1.29 is 44.7 Å². The molecule has 3 N–H and O–H groups in total. The molecule has 2 aromatic carbocycles. The van der Waals surface area contributed by atoms with E-state index in [0.29, 0.717) is 10.6 Å². The first-order valence-corrected chi connectivity index (χ1v) is 13.5. The van der Waals surface area contributed by atoms with Crippen LogP contribution in [-0.4, -0.2) is 46.2 Å². The number of hydrogen-bond donors (Lipinski definition) is 3. The number of carbonyl (C=O) groups excluding carboxylic acids is 1. The molecule has 0 spiro atoms. The maximum absolute atomic E-state index is 14.0. The second kappa shape index (κ2) is 10.7. The number of amides is 1. The molecule has 224 valence electrons. The summed E-state index contributed by atoms with van der Waals surface area (Å²) in [6.45, 7) is 3.55. The number of nitrogens with one attached hydrogen (secondary N) is 2. The zero-order valence-electron chi connectivity index (χ0n) is 22.1. The predicted octanol–water partition coefficient (Wildman–Crippen LogP) is 5.04. The van der Waals surface area contributed by atoms with Gasteiger partial charge in [0.1, 0.15) is 5.56 Å². The van der Waals surface area contributed by atoms with Gasteiger partial charge in [0, 0.05) is 11.3 Å². The average Bonchev–Trinajstić information content (AvgIpc) is 3.30. The minimum absolute atomic E-state index is 0.0328. The number of aryl methyl sites for hydroxylation is 1. The molecule has 0 radical (unpaired) electrons. The molecule has 0 atom stereocenters. The van der Waals surface area contributed by atoms with Crippen LogP contribution < -0.4 is 10.0 Å². The number of aliphatic hydroxyl groups is 1. The second-order valence-electron chi connectivity index (χ2n) is 9.97. The zero-order valence-corrected chi connectivity index (χ0v) is 22.9. The number of hydrogen-bond acceptors (Lipinski definition) is 6. The van der Waals surface area contributed by atoms with Crippen LogP contribution in [0.5, 0.6) is 0 Å². The minimum atomic E-state index is -4.98. The molecule has 4 rings (SSSR count). The number of benzene rings is 2. The Kier molecular flexibility index (Phi) is 7.86. The lowest BCUT2D eigenvalue weighted by molar-refractivity contribution is -0.142. The van der Waals surface area contributed by atoms with Gasteiger partial charge < -0.3 is 10.4 Å². The van der Waals surface area contributed by atoms with E-state index in [4.69, 9.17) is 0 Å². The highest BCUT2D eigenvalue weighted by atomic mass is 32.2. The number of nitrogens with zero attached hydrogens (tertiary/aromatic N) is 3. The lowest BCUT2D eigenvalue weighted by Gasteiger charge is -2.23. The van der Waals surface area contributed by atoms with E-state index in [1.165, 1.54) is 32.0 Å². The van der Waals surface area contributed by atoms with E-state index in [-0.39, 0.29) is 27.4 Å². The molecule has 9 nitrogen and oxygen atoms in total. The number of aromatic nitrogens is 3. The van der Waals surface area contributed by atoms with Crippen LogP contribution in [0.15, 0.2) is 59.6 Å². The molecule has 16 heteroatoms. The third kappa shape index (κ3) is 6.39. The quantitative estimate of drug-likeness (QED) is 0.250. The van der Waals surface area contributed by atoms with Crippen molar-refractivity contribution in [3.8, 4) is 11.3 Å². The molecule has 4 aromatic rings. The second-order valence-corrected chi connectivity index (χ2v) is 11.7. The lowest BCUT2D eigenvalue weighted by atomic mass is 10.0. The summed E-state index contributed by atoms with van der Waals surface area (Å²) in [5, 5.41) is 15.4. The Balaban J connectivity index is 1.75. The third-order valence-electron chi connectivity index (χ3n) is 6.04. The summed E-state index contributed by atoms with van der Waals surface area (Å²) < 4.78 is 110. The van der Waals surface area contributed by atoms with Crippen molar-refractivity contribution in [3.05, 3.63) is 77.1 Å². The maximum atomic E-state index is 14.0. The Morgan fingerprint density at radius 3 is 2.29 bits per heavy atom. The summed E-state index contributed by atoms with van der Waals surface area (Å²) in [6, 6.07) is 8.34. The number of aliphatic hydroxyl groups excluding tert-OH is 1. The molecule has 1 amide bonds. The summed E-state index contributed by atoms with van der Waals surface area (Å²) in [4.78, 5) is 17.0. The average molecular weight is 616 g/mol. The van der Waals surface area contributed by atoms with Gasteiger partial charge >= 0.3 is 12.4 Å². The minimum Gasteiger partial charge on any atom is -0.394 e. The highest BCUT2D eigenvalue weighted by Gasteiger charge is 2.37. The van der Waals surface area contributed by atoms with Gasteiger partial charge in [0.2, 0.25) is 10.0 Å².